The van der Waals surface area contributed by atoms with Crippen molar-refractivity contribution in [3.05, 3.63) is 83.9 Å². The van der Waals surface area contributed by atoms with Gasteiger partial charge in [0.15, 0.2) is 0 Å². The van der Waals surface area contributed by atoms with Crippen molar-refractivity contribution in [3.63, 3.8) is 0 Å². The summed E-state index contributed by atoms with van der Waals surface area (Å²) in [6.45, 7) is 4.12. The van der Waals surface area contributed by atoms with Gasteiger partial charge in [0, 0.05) is 0 Å². The average molecular weight is 304 g/mol. The van der Waals surface area contributed by atoms with E-state index in [-0.39, 0.29) is 5.97 Å². The van der Waals surface area contributed by atoms with Gasteiger partial charge in [0.2, 0.25) is 0 Å². The van der Waals surface area contributed by atoms with Crippen molar-refractivity contribution in [1.29, 1.82) is 0 Å². The molecule has 0 heterocycles. The summed E-state index contributed by atoms with van der Waals surface area (Å²) in [6, 6.07) is 24.0. The Morgan fingerprint density at radius 2 is 1.52 bits per heavy atom. The van der Waals surface area contributed by atoms with Crippen LogP contribution >= 0.6 is 0 Å². The summed E-state index contributed by atoms with van der Waals surface area (Å²) in [5.41, 5.74) is 1.28. The van der Waals surface area contributed by atoms with Crippen LogP contribution in [-0.4, -0.2) is 5.97 Å². The average Bonchev–Trinajstić information content (AvgIpc) is 2.60. The fourth-order valence-electron chi connectivity index (χ4n) is 2.60. The van der Waals surface area contributed by atoms with Gasteiger partial charge in [-0.05, 0) is 35.7 Å². The summed E-state index contributed by atoms with van der Waals surface area (Å²) in [5.74, 6) is -0.211. The molecule has 0 N–H and O–H groups in total. The van der Waals surface area contributed by atoms with Gasteiger partial charge in [-0.25, -0.2) is 0 Å². The first-order valence-electron chi connectivity index (χ1n) is 7.78. The first-order chi connectivity index (χ1) is 11.1. The Balaban J connectivity index is 1.79. The number of hydrogen-bond acceptors (Lipinski definition) is 2. The van der Waals surface area contributed by atoms with E-state index in [1.807, 2.05) is 62.4 Å². The molecule has 0 aliphatic rings. The van der Waals surface area contributed by atoms with Crippen molar-refractivity contribution in [2.45, 2.75) is 25.9 Å². The Hall–Kier alpha value is -2.61. The lowest BCUT2D eigenvalue weighted by atomic mass is 9.83. The van der Waals surface area contributed by atoms with Crippen LogP contribution in [0.4, 0.5) is 0 Å². The minimum Gasteiger partial charge on any atom is -0.460 e. The topological polar surface area (TPSA) is 26.3 Å². The van der Waals surface area contributed by atoms with Crippen molar-refractivity contribution in [3.8, 4) is 0 Å². The van der Waals surface area contributed by atoms with E-state index in [9.17, 15) is 4.79 Å². The second-order valence-electron chi connectivity index (χ2n) is 6.25. The maximum atomic E-state index is 12.6. The van der Waals surface area contributed by atoms with Crippen LogP contribution < -0.4 is 0 Å². The normalized spacial score (nSPS) is 11.4. The quantitative estimate of drug-likeness (QED) is 0.643. The Kier molecular flexibility index (Phi) is 4.16. The zero-order chi connectivity index (χ0) is 16.3. The second kappa shape index (κ2) is 6.25. The maximum absolute atomic E-state index is 12.6. The highest BCUT2D eigenvalue weighted by Gasteiger charge is 2.31. The molecule has 3 rings (SSSR count). The second-order valence-corrected chi connectivity index (χ2v) is 6.25. The molecular weight excluding hydrogens is 284 g/mol. The van der Waals surface area contributed by atoms with E-state index in [4.69, 9.17) is 4.74 Å². The number of fused-ring (bicyclic) bond motifs is 1. The van der Waals surface area contributed by atoms with Gasteiger partial charge < -0.3 is 4.74 Å². The summed E-state index contributed by atoms with van der Waals surface area (Å²) >= 11 is 0. The monoisotopic (exact) mass is 304 g/mol. The number of hydrogen-bond donors (Lipinski definition) is 0. The molecule has 0 unspecified atom stereocenters. The molecule has 3 aromatic carbocycles. The standard InChI is InChI=1S/C21H20O2/c1-21(2,20(22)23-15-16-8-4-3-5-9-16)19-13-12-17-10-6-7-11-18(17)14-19/h3-14H,15H2,1-2H3. The highest BCUT2D eigenvalue weighted by atomic mass is 16.5. The van der Waals surface area contributed by atoms with E-state index in [0.29, 0.717) is 6.61 Å². The largest absolute Gasteiger partial charge is 0.460 e. The van der Waals surface area contributed by atoms with Crippen LogP contribution in [0.1, 0.15) is 25.0 Å². The third-order valence-corrected chi connectivity index (χ3v) is 4.19. The lowest BCUT2D eigenvalue weighted by Gasteiger charge is -2.23. The van der Waals surface area contributed by atoms with Crippen molar-refractivity contribution in [2.75, 3.05) is 0 Å². The molecule has 2 nitrogen and oxygen atoms in total. The van der Waals surface area contributed by atoms with Crippen molar-refractivity contribution in [1.82, 2.24) is 0 Å². The molecule has 0 bridgehead atoms. The van der Waals surface area contributed by atoms with Crippen LogP contribution in [0.3, 0.4) is 0 Å². The molecular formula is C21H20O2. The van der Waals surface area contributed by atoms with Gasteiger partial charge in [-0.3, -0.25) is 4.79 Å². The molecule has 23 heavy (non-hydrogen) atoms. The van der Waals surface area contributed by atoms with E-state index < -0.39 is 5.41 Å². The Labute approximate surface area is 136 Å². The van der Waals surface area contributed by atoms with E-state index >= 15 is 0 Å². The van der Waals surface area contributed by atoms with Crippen LogP contribution in [-0.2, 0) is 21.6 Å². The number of benzene rings is 3. The first-order valence-corrected chi connectivity index (χ1v) is 7.78. The number of ether oxygens (including phenoxy) is 1. The molecule has 2 heteroatoms. The molecule has 0 aliphatic heterocycles. The Morgan fingerprint density at radius 1 is 0.870 bits per heavy atom. The fourth-order valence-corrected chi connectivity index (χ4v) is 2.60. The van der Waals surface area contributed by atoms with Gasteiger partial charge in [0.25, 0.3) is 0 Å². The third kappa shape index (κ3) is 3.26. The summed E-state index contributed by atoms with van der Waals surface area (Å²) in [4.78, 5) is 12.6. The SMILES string of the molecule is CC(C)(C(=O)OCc1ccccc1)c1ccc2ccccc2c1. The first kappa shape index (κ1) is 15.3. The minimum atomic E-state index is -0.682. The Morgan fingerprint density at radius 3 is 2.26 bits per heavy atom. The van der Waals surface area contributed by atoms with Gasteiger partial charge in [-0.2, -0.15) is 0 Å². The lowest BCUT2D eigenvalue weighted by molar-refractivity contribution is -0.150. The smallest absolute Gasteiger partial charge is 0.316 e. The molecule has 0 aliphatic carbocycles. The van der Waals surface area contributed by atoms with E-state index in [2.05, 4.69) is 24.3 Å². The van der Waals surface area contributed by atoms with Gasteiger partial charge in [0.05, 0.1) is 5.41 Å². The maximum Gasteiger partial charge on any atom is 0.316 e. The molecule has 116 valence electrons. The van der Waals surface area contributed by atoms with Crippen molar-refractivity contribution in [2.24, 2.45) is 0 Å². The number of carbonyl (C=O) groups is 1. The van der Waals surface area contributed by atoms with Crippen molar-refractivity contribution >= 4 is 16.7 Å². The highest BCUT2D eigenvalue weighted by Crippen LogP contribution is 2.28. The number of rotatable bonds is 4. The van der Waals surface area contributed by atoms with Crippen LogP contribution in [0.25, 0.3) is 10.8 Å². The molecule has 3 aromatic rings. The van der Waals surface area contributed by atoms with Crippen LogP contribution in [0.15, 0.2) is 72.8 Å². The summed E-state index contributed by atoms with van der Waals surface area (Å²) < 4.78 is 5.52. The zero-order valence-corrected chi connectivity index (χ0v) is 13.5. The molecule has 0 fully saturated rings. The van der Waals surface area contributed by atoms with Crippen LogP contribution in [0.5, 0.6) is 0 Å². The molecule has 0 radical (unpaired) electrons. The molecule has 0 saturated carbocycles. The van der Waals surface area contributed by atoms with Gasteiger partial charge in [-0.1, -0.05) is 72.8 Å². The van der Waals surface area contributed by atoms with Gasteiger partial charge in [0.1, 0.15) is 6.61 Å². The van der Waals surface area contributed by atoms with Crippen molar-refractivity contribution < 1.29 is 9.53 Å². The number of esters is 1. The van der Waals surface area contributed by atoms with Crippen LogP contribution in [0, 0.1) is 0 Å². The van der Waals surface area contributed by atoms with E-state index in [0.717, 1.165) is 16.5 Å². The van der Waals surface area contributed by atoms with Gasteiger partial charge in [-0.15, -0.1) is 0 Å². The van der Waals surface area contributed by atoms with E-state index in [1.165, 1.54) is 5.39 Å². The summed E-state index contributed by atoms with van der Waals surface area (Å²) in [5, 5.41) is 2.30. The summed E-state index contributed by atoms with van der Waals surface area (Å²) in [6.07, 6.45) is 0. The lowest BCUT2D eigenvalue weighted by Crippen LogP contribution is -2.31. The Bertz CT molecular complexity index is 819. The fraction of sp³-hybridized carbons (Fsp3) is 0.190. The minimum absolute atomic E-state index is 0.211. The molecule has 0 amide bonds. The predicted molar refractivity (Wildman–Crippen MR) is 93.2 cm³/mol. The molecule has 0 atom stereocenters. The van der Waals surface area contributed by atoms with Gasteiger partial charge >= 0.3 is 5.97 Å². The predicted octanol–water partition coefficient (Wildman–Crippen LogP) is 4.86. The third-order valence-electron chi connectivity index (χ3n) is 4.19. The molecule has 0 spiro atoms. The molecule has 0 aromatic heterocycles. The summed E-state index contributed by atoms with van der Waals surface area (Å²) in [7, 11) is 0. The van der Waals surface area contributed by atoms with E-state index in [1.54, 1.807) is 0 Å². The number of carbonyl (C=O) groups excluding carboxylic acids is 1. The van der Waals surface area contributed by atoms with Crippen LogP contribution in [0.2, 0.25) is 0 Å². The zero-order valence-electron chi connectivity index (χ0n) is 13.5. The highest BCUT2D eigenvalue weighted by molar-refractivity contribution is 5.87. The molecule has 0 saturated heterocycles.